The summed E-state index contributed by atoms with van der Waals surface area (Å²) < 4.78 is 0. The highest BCUT2D eigenvalue weighted by atomic mass is 16.3. The van der Waals surface area contributed by atoms with Gasteiger partial charge in [0.15, 0.2) is 11.5 Å². The summed E-state index contributed by atoms with van der Waals surface area (Å²) >= 11 is 0. The number of hydrazine groups is 1. The van der Waals surface area contributed by atoms with Gasteiger partial charge in [-0.25, -0.2) is 5.84 Å². The van der Waals surface area contributed by atoms with Crippen molar-refractivity contribution in [2.45, 2.75) is 0 Å². The molecule has 0 fully saturated rings. The minimum absolute atomic E-state index is 0.203. The summed E-state index contributed by atoms with van der Waals surface area (Å²) in [5, 5.41) is 18.1. The molecular formula is C9H10N2O3. The zero-order valence-corrected chi connectivity index (χ0v) is 7.27. The van der Waals surface area contributed by atoms with Crippen molar-refractivity contribution in [2.24, 2.45) is 5.84 Å². The molecule has 5 nitrogen and oxygen atoms in total. The second kappa shape index (κ2) is 4.29. The Morgan fingerprint density at radius 1 is 1.36 bits per heavy atom. The third-order valence-electron chi connectivity index (χ3n) is 1.57. The number of aromatic hydroxyl groups is 2. The predicted octanol–water partition coefficient (Wildman–Crippen LogP) is 0.101. The highest BCUT2D eigenvalue weighted by Gasteiger charge is 1.98. The summed E-state index contributed by atoms with van der Waals surface area (Å²) in [5.41, 5.74) is 2.51. The van der Waals surface area contributed by atoms with E-state index in [4.69, 9.17) is 16.1 Å². The van der Waals surface area contributed by atoms with Crippen molar-refractivity contribution in [3.05, 3.63) is 29.8 Å². The average molecular weight is 194 g/mol. The average Bonchev–Trinajstić information content (AvgIpc) is 2.19. The van der Waals surface area contributed by atoms with Crippen molar-refractivity contribution in [3.8, 4) is 11.5 Å². The molecule has 0 radical (unpaired) electrons. The van der Waals surface area contributed by atoms with Crippen molar-refractivity contribution in [2.75, 3.05) is 0 Å². The van der Waals surface area contributed by atoms with Crippen LogP contribution in [0.2, 0.25) is 0 Å². The van der Waals surface area contributed by atoms with Gasteiger partial charge in [0.05, 0.1) is 0 Å². The SMILES string of the molecule is NNC(=O)C=Cc1ccc(O)c(O)c1. The first-order chi connectivity index (χ1) is 6.63. The van der Waals surface area contributed by atoms with Crippen LogP contribution in [-0.2, 0) is 4.79 Å². The quantitative estimate of drug-likeness (QED) is 0.176. The molecule has 0 saturated carbocycles. The minimum Gasteiger partial charge on any atom is -0.504 e. The molecular weight excluding hydrogens is 184 g/mol. The number of nitrogens with one attached hydrogen (secondary N) is 1. The van der Waals surface area contributed by atoms with Crippen molar-refractivity contribution in [1.82, 2.24) is 5.43 Å². The smallest absolute Gasteiger partial charge is 0.257 e. The maximum Gasteiger partial charge on any atom is 0.257 e. The lowest BCUT2D eigenvalue weighted by molar-refractivity contribution is -0.116. The van der Waals surface area contributed by atoms with Gasteiger partial charge < -0.3 is 10.2 Å². The molecule has 1 amide bonds. The maximum atomic E-state index is 10.7. The molecule has 0 aliphatic heterocycles. The van der Waals surface area contributed by atoms with E-state index in [0.29, 0.717) is 5.56 Å². The lowest BCUT2D eigenvalue weighted by Crippen LogP contribution is -2.27. The van der Waals surface area contributed by atoms with Crippen LogP contribution in [0.25, 0.3) is 6.08 Å². The van der Waals surface area contributed by atoms with E-state index >= 15 is 0 Å². The van der Waals surface area contributed by atoms with E-state index in [9.17, 15) is 4.79 Å². The van der Waals surface area contributed by atoms with Crippen LogP contribution < -0.4 is 11.3 Å². The molecule has 0 aliphatic rings. The topological polar surface area (TPSA) is 95.6 Å². The summed E-state index contributed by atoms with van der Waals surface area (Å²) in [6.45, 7) is 0. The molecule has 1 aromatic rings. The number of rotatable bonds is 2. The van der Waals surface area contributed by atoms with E-state index < -0.39 is 5.91 Å². The molecule has 0 bridgehead atoms. The summed E-state index contributed by atoms with van der Waals surface area (Å²) in [5.74, 6) is 3.96. The maximum absolute atomic E-state index is 10.7. The monoisotopic (exact) mass is 194 g/mol. The Kier molecular flexibility index (Phi) is 3.09. The molecule has 0 heterocycles. The van der Waals surface area contributed by atoms with Crippen LogP contribution in [0, 0.1) is 0 Å². The van der Waals surface area contributed by atoms with E-state index in [-0.39, 0.29) is 11.5 Å². The van der Waals surface area contributed by atoms with Gasteiger partial charge >= 0.3 is 0 Å². The van der Waals surface area contributed by atoms with Gasteiger partial charge in [-0.2, -0.15) is 0 Å². The second-order valence-corrected chi connectivity index (χ2v) is 2.59. The highest BCUT2D eigenvalue weighted by molar-refractivity contribution is 5.91. The van der Waals surface area contributed by atoms with Crippen LogP contribution in [0.1, 0.15) is 5.56 Å². The fourth-order valence-electron chi connectivity index (χ4n) is 0.864. The number of hydrogen-bond acceptors (Lipinski definition) is 4. The third-order valence-corrected chi connectivity index (χ3v) is 1.57. The normalized spacial score (nSPS) is 10.4. The number of hydrogen-bond donors (Lipinski definition) is 4. The Morgan fingerprint density at radius 3 is 2.64 bits per heavy atom. The molecule has 0 spiro atoms. The van der Waals surface area contributed by atoms with Gasteiger partial charge in [0.1, 0.15) is 0 Å². The molecule has 5 N–H and O–H groups in total. The number of benzene rings is 1. The van der Waals surface area contributed by atoms with Crippen LogP contribution >= 0.6 is 0 Å². The van der Waals surface area contributed by atoms with E-state index in [1.165, 1.54) is 24.3 Å². The van der Waals surface area contributed by atoms with Crippen molar-refractivity contribution < 1.29 is 15.0 Å². The molecule has 0 unspecified atom stereocenters. The molecule has 0 aliphatic carbocycles. The Bertz CT molecular complexity index is 374. The Morgan fingerprint density at radius 2 is 2.07 bits per heavy atom. The molecule has 1 rings (SSSR count). The van der Waals surface area contributed by atoms with Crippen molar-refractivity contribution in [1.29, 1.82) is 0 Å². The Labute approximate surface area is 80.4 Å². The summed E-state index contributed by atoms with van der Waals surface area (Å²) in [6, 6.07) is 4.21. The molecule has 0 saturated heterocycles. The number of phenols is 2. The lowest BCUT2D eigenvalue weighted by atomic mass is 10.2. The van der Waals surface area contributed by atoms with E-state index in [1.54, 1.807) is 6.07 Å². The first-order valence-electron chi connectivity index (χ1n) is 3.84. The minimum atomic E-state index is -0.447. The predicted molar refractivity (Wildman–Crippen MR) is 51.1 cm³/mol. The zero-order valence-electron chi connectivity index (χ0n) is 7.27. The van der Waals surface area contributed by atoms with Gasteiger partial charge in [-0.1, -0.05) is 6.07 Å². The first-order valence-corrected chi connectivity index (χ1v) is 3.84. The standard InChI is InChI=1S/C9H10N2O3/c10-11-9(14)4-2-6-1-3-7(12)8(13)5-6/h1-5,12-13H,10H2,(H,11,14). The largest absolute Gasteiger partial charge is 0.504 e. The van der Waals surface area contributed by atoms with Crippen LogP contribution in [0.5, 0.6) is 11.5 Å². The summed E-state index contributed by atoms with van der Waals surface area (Å²) in [4.78, 5) is 10.7. The van der Waals surface area contributed by atoms with Crippen molar-refractivity contribution >= 4 is 12.0 Å². The molecule has 1 aromatic carbocycles. The fraction of sp³-hybridized carbons (Fsp3) is 0. The van der Waals surface area contributed by atoms with Crippen molar-refractivity contribution in [3.63, 3.8) is 0 Å². The Hall–Kier alpha value is -2.01. The van der Waals surface area contributed by atoms with E-state index in [0.717, 1.165) is 0 Å². The number of carbonyl (C=O) groups excluding carboxylic acids is 1. The number of carbonyl (C=O) groups is 1. The first kappa shape index (κ1) is 10.1. The van der Waals surface area contributed by atoms with Gasteiger partial charge in [-0.15, -0.1) is 0 Å². The van der Waals surface area contributed by atoms with Crippen LogP contribution in [0.4, 0.5) is 0 Å². The van der Waals surface area contributed by atoms with Crippen LogP contribution in [0.15, 0.2) is 24.3 Å². The summed E-state index contributed by atoms with van der Waals surface area (Å²) in [6.07, 6.45) is 2.67. The number of nitrogens with two attached hydrogens (primary N) is 1. The van der Waals surface area contributed by atoms with Crippen LogP contribution in [0.3, 0.4) is 0 Å². The van der Waals surface area contributed by atoms with Gasteiger partial charge in [0.2, 0.25) is 0 Å². The lowest BCUT2D eigenvalue weighted by Gasteiger charge is -1.98. The van der Waals surface area contributed by atoms with Gasteiger partial charge in [-0.05, 0) is 23.8 Å². The molecule has 5 heteroatoms. The Balaban J connectivity index is 2.83. The number of phenolic OH excluding ortho intramolecular Hbond substituents is 2. The molecule has 0 aromatic heterocycles. The van der Waals surface area contributed by atoms with Crippen LogP contribution in [-0.4, -0.2) is 16.1 Å². The molecule has 0 atom stereocenters. The molecule has 74 valence electrons. The van der Waals surface area contributed by atoms with Gasteiger partial charge in [-0.3, -0.25) is 10.2 Å². The zero-order chi connectivity index (χ0) is 10.6. The van der Waals surface area contributed by atoms with Gasteiger partial charge in [0, 0.05) is 6.08 Å². The van der Waals surface area contributed by atoms with E-state index in [2.05, 4.69) is 0 Å². The third kappa shape index (κ3) is 2.49. The van der Waals surface area contributed by atoms with E-state index in [1.807, 2.05) is 5.43 Å². The van der Waals surface area contributed by atoms with Gasteiger partial charge in [0.25, 0.3) is 5.91 Å². The fourth-order valence-corrected chi connectivity index (χ4v) is 0.864. The molecule has 14 heavy (non-hydrogen) atoms. The number of amides is 1. The highest BCUT2D eigenvalue weighted by Crippen LogP contribution is 2.25. The second-order valence-electron chi connectivity index (χ2n) is 2.59. The summed E-state index contributed by atoms with van der Waals surface area (Å²) in [7, 11) is 0.